The molecule has 3 rings (SSSR count). The minimum Gasteiger partial charge on any atom is -0.463 e. The maximum atomic E-state index is 13.0. The number of aromatic nitrogens is 1. The largest absolute Gasteiger partial charge is 0.463 e. The molecule has 0 bridgehead atoms. The van der Waals surface area contributed by atoms with Crippen LogP contribution in [0.3, 0.4) is 0 Å². The first-order valence-corrected chi connectivity index (χ1v) is 10.5. The second-order valence-corrected chi connectivity index (χ2v) is 8.06. The molecule has 0 amide bonds. The van der Waals surface area contributed by atoms with Crippen LogP contribution in [0.25, 0.3) is 12.2 Å². The zero-order valence-corrected chi connectivity index (χ0v) is 18.0. The van der Waals surface area contributed by atoms with Gasteiger partial charge in [-0.25, -0.2) is 4.79 Å². The number of nitrogens with zero attached hydrogens (tertiary/aromatic N) is 1. The van der Waals surface area contributed by atoms with Crippen molar-refractivity contribution in [1.82, 2.24) is 4.57 Å². The molecule has 0 aliphatic rings. The molecule has 0 aliphatic carbocycles. The highest BCUT2D eigenvalue weighted by Crippen LogP contribution is 2.10. The molecule has 0 atom stereocenters. The number of halogens is 1. The van der Waals surface area contributed by atoms with E-state index in [9.17, 15) is 14.4 Å². The fourth-order valence-corrected chi connectivity index (χ4v) is 3.94. The van der Waals surface area contributed by atoms with Crippen LogP contribution in [0, 0.1) is 0 Å². The van der Waals surface area contributed by atoms with Crippen LogP contribution >= 0.6 is 27.3 Å². The summed E-state index contributed by atoms with van der Waals surface area (Å²) in [5.41, 5.74) is 1.03. The van der Waals surface area contributed by atoms with Crippen molar-refractivity contribution in [1.29, 1.82) is 0 Å². The predicted octanol–water partition coefficient (Wildman–Crippen LogP) is 2.73. The van der Waals surface area contributed by atoms with Crippen LogP contribution in [0.1, 0.15) is 22.8 Å². The van der Waals surface area contributed by atoms with E-state index in [1.165, 1.54) is 10.6 Å². The van der Waals surface area contributed by atoms with Gasteiger partial charge in [-0.3, -0.25) is 14.2 Å². The number of carbonyl (C=O) groups is 2. The number of thiazole rings is 1. The smallest absolute Gasteiger partial charge is 0.333 e. The van der Waals surface area contributed by atoms with E-state index in [1.54, 1.807) is 37.3 Å². The number of esters is 1. The first kappa shape index (κ1) is 21.0. The second kappa shape index (κ2) is 9.62. The Morgan fingerprint density at radius 2 is 1.79 bits per heavy atom. The fourth-order valence-electron chi connectivity index (χ4n) is 2.65. The normalized spacial score (nSPS) is 12.2. The van der Waals surface area contributed by atoms with E-state index in [1.807, 2.05) is 30.3 Å². The van der Waals surface area contributed by atoms with Gasteiger partial charge in [0.1, 0.15) is 4.66 Å². The van der Waals surface area contributed by atoms with E-state index in [0.29, 0.717) is 14.8 Å². The van der Waals surface area contributed by atoms with Crippen LogP contribution in [0.2, 0.25) is 0 Å². The van der Waals surface area contributed by atoms with Gasteiger partial charge in [-0.15, -0.1) is 11.3 Å². The van der Waals surface area contributed by atoms with Crippen molar-refractivity contribution in [2.24, 2.45) is 0 Å². The third kappa shape index (κ3) is 5.40. The molecule has 1 aromatic heterocycles. The van der Waals surface area contributed by atoms with Crippen LogP contribution < -0.4 is 14.8 Å². The van der Waals surface area contributed by atoms with Crippen molar-refractivity contribution in [3.63, 3.8) is 0 Å². The van der Waals surface area contributed by atoms with Crippen LogP contribution in [0.4, 0.5) is 0 Å². The molecule has 3 aromatic rings. The van der Waals surface area contributed by atoms with Crippen LogP contribution in [0.15, 0.2) is 63.9 Å². The highest BCUT2D eigenvalue weighted by atomic mass is 79.9. The number of rotatable bonds is 6. The van der Waals surface area contributed by atoms with Gasteiger partial charge in [0.05, 0.1) is 23.8 Å². The number of ketones is 1. The summed E-state index contributed by atoms with van der Waals surface area (Å²) in [7, 11) is 0. The van der Waals surface area contributed by atoms with Crippen molar-refractivity contribution in [3.05, 3.63) is 89.7 Å². The van der Waals surface area contributed by atoms with E-state index in [-0.39, 0.29) is 24.5 Å². The molecule has 0 aliphatic heterocycles. The first-order valence-electron chi connectivity index (χ1n) is 8.91. The molecule has 29 heavy (non-hydrogen) atoms. The lowest BCUT2D eigenvalue weighted by Gasteiger charge is -2.02. The Labute approximate surface area is 179 Å². The van der Waals surface area contributed by atoms with Gasteiger partial charge < -0.3 is 4.74 Å². The molecule has 0 N–H and O–H groups in total. The van der Waals surface area contributed by atoms with Crippen molar-refractivity contribution in [2.75, 3.05) is 6.61 Å². The molecule has 1 heterocycles. The van der Waals surface area contributed by atoms with Gasteiger partial charge in [0.2, 0.25) is 0 Å². The Kier molecular flexibility index (Phi) is 6.95. The SMILES string of the molecule is CCOC(=O)C=c1sc(=Cc2ccc(Br)cc2)c(=O)n1CC(=O)c1ccccc1. The lowest BCUT2D eigenvalue weighted by Crippen LogP contribution is -2.34. The molecule has 0 saturated carbocycles. The van der Waals surface area contributed by atoms with E-state index >= 15 is 0 Å². The van der Waals surface area contributed by atoms with Crippen LogP contribution in [-0.2, 0) is 16.1 Å². The maximum absolute atomic E-state index is 13.0. The Hall–Kier alpha value is -2.77. The molecule has 148 valence electrons. The molecule has 0 radical (unpaired) electrons. The molecule has 7 heteroatoms. The minimum atomic E-state index is -0.551. The average molecular weight is 472 g/mol. The summed E-state index contributed by atoms with van der Waals surface area (Å²) in [6, 6.07) is 16.2. The maximum Gasteiger partial charge on any atom is 0.333 e. The van der Waals surface area contributed by atoms with Gasteiger partial charge in [-0.05, 0) is 30.7 Å². The zero-order valence-electron chi connectivity index (χ0n) is 15.6. The van der Waals surface area contributed by atoms with E-state index in [0.717, 1.165) is 21.4 Å². The Morgan fingerprint density at radius 3 is 2.45 bits per heavy atom. The average Bonchev–Trinajstić information content (AvgIpc) is 2.99. The first-order chi connectivity index (χ1) is 14.0. The topological polar surface area (TPSA) is 65.4 Å². The van der Waals surface area contributed by atoms with Gasteiger partial charge in [0.25, 0.3) is 5.56 Å². The predicted molar refractivity (Wildman–Crippen MR) is 117 cm³/mol. The second-order valence-electron chi connectivity index (χ2n) is 6.08. The number of carbonyl (C=O) groups excluding carboxylic acids is 2. The van der Waals surface area contributed by atoms with E-state index in [2.05, 4.69) is 15.9 Å². The molecule has 0 saturated heterocycles. The Balaban J connectivity index is 2.08. The van der Waals surface area contributed by atoms with Gasteiger partial charge >= 0.3 is 5.97 Å². The monoisotopic (exact) mass is 471 g/mol. The highest BCUT2D eigenvalue weighted by molar-refractivity contribution is 9.10. The van der Waals surface area contributed by atoms with Crippen LogP contribution in [-0.4, -0.2) is 22.9 Å². The third-order valence-corrected chi connectivity index (χ3v) is 5.62. The lowest BCUT2D eigenvalue weighted by molar-refractivity contribution is -0.135. The minimum absolute atomic E-state index is 0.154. The summed E-state index contributed by atoms with van der Waals surface area (Å²) in [5.74, 6) is -0.760. The number of Topliss-reactive ketones (excluding diaryl/α,β-unsaturated/α-hetero) is 1. The molecule has 0 spiro atoms. The molecule has 0 fully saturated rings. The molecular formula is C22H18BrNO4S. The summed E-state index contributed by atoms with van der Waals surface area (Å²) in [6.07, 6.45) is 3.00. The van der Waals surface area contributed by atoms with Gasteiger partial charge in [-0.1, -0.05) is 58.4 Å². The molecule has 5 nitrogen and oxygen atoms in total. The fraction of sp³-hybridized carbons (Fsp3) is 0.136. The molecule has 2 aromatic carbocycles. The van der Waals surface area contributed by atoms with Crippen molar-refractivity contribution < 1.29 is 14.3 Å². The summed E-state index contributed by atoms with van der Waals surface area (Å²) < 4.78 is 8.03. The number of hydrogen-bond acceptors (Lipinski definition) is 5. The zero-order chi connectivity index (χ0) is 20.8. The summed E-state index contributed by atoms with van der Waals surface area (Å²) in [5, 5.41) is 0. The number of benzene rings is 2. The summed E-state index contributed by atoms with van der Waals surface area (Å²) in [6.45, 7) is 1.78. The Bertz CT molecular complexity index is 1190. The van der Waals surface area contributed by atoms with Crippen molar-refractivity contribution in [2.45, 2.75) is 13.5 Å². The summed E-state index contributed by atoms with van der Waals surface area (Å²) >= 11 is 4.53. The van der Waals surface area contributed by atoms with Gasteiger partial charge in [0.15, 0.2) is 5.78 Å². The Morgan fingerprint density at radius 1 is 1.10 bits per heavy atom. The quantitative estimate of drug-likeness (QED) is 0.409. The lowest BCUT2D eigenvalue weighted by atomic mass is 10.1. The highest BCUT2D eigenvalue weighted by Gasteiger charge is 2.12. The van der Waals surface area contributed by atoms with Crippen molar-refractivity contribution in [3.8, 4) is 0 Å². The van der Waals surface area contributed by atoms with Gasteiger partial charge in [0, 0.05) is 10.0 Å². The van der Waals surface area contributed by atoms with E-state index < -0.39 is 5.97 Å². The summed E-state index contributed by atoms with van der Waals surface area (Å²) in [4.78, 5) is 37.6. The van der Waals surface area contributed by atoms with Crippen molar-refractivity contribution >= 4 is 51.2 Å². The third-order valence-electron chi connectivity index (χ3n) is 4.03. The standard InChI is InChI=1S/C22H18BrNO4S/c1-2-28-21(26)13-20-24(14-18(25)16-6-4-3-5-7-16)22(27)19(29-20)12-15-8-10-17(23)11-9-15/h3-13H,2,14H2,1H3. The molecular weight excluding hydrogens is 454 g/mol. The molecule has 0 unspecified atom stereocenters. The van der Waals surface area contributed by atoms with E-state index in [4.69, 9.17) is 4.74 Å². The number of hydrogen-bond donors (Lipinski definition) is 0. The number of ether oxygens (including phenoxy) is 1. The van der Waals surface area contributed by atoms with Crippen LogP contribution in [0.5, 0.6) is 0 Å². The van der Waals surface area contributed by atoms with Gasteiger partial charge in [-0.2, -0.15) is 0 Å².